The third-order valence-corrected chi connectivity index (χ3v) is 6.77. The summed E-state index contributed by atoms with van der Waals surface area (Å²) in [6, 6.07) is 29.3. The van der Waals surface area contributed by atoms with Gasteiger partial charge in [-0.1, -0.05) is 137 Å². The zero-order valence-corrected chi connectivity index (χ0v) is 44.9. The van der Waals surface area contributed by atoms with Crippen LogP contribution in [0.15, 0.2) is 84.9 Å². The van der Waals surface area contributed by atoms with Crippen molar-refractivity contribution in [1.82, 2.24) is 0 Å². The zero-order chi connectivity index (χ0) is 48.7. The van der Waals surface area contributed by atoms with Crippen molar-refractivity contribution in [1.29, 1.82) is 0 Å². The fourth-order valence-electron chi connectivity index (χ4n) is 2.14. The van der Waals surface area contributed by atoms with Gasteiger partial charge in [0.15, 0.2) is 0 Å². The van der Waals surface area contributed by atoms with Gasteiger partial charge in [-0.25, -0.2) is 0 Å². The van der Waals surface area contributed by atoms with Crippen LogP contribution in [-0.2, 0) is 81.2 Å². The molecule has 340 valence electrons. The minimum absolute atomic E-state index is 0. The molecule has 12 nitrogen and oxygen atoms in total. The van der Waals surface area contributed by atoms with Gasteiger partial charge in [0.2, 0.25) is 0 Å². The Balaban J connectivity index is -0.000000144. The van der Waals surface area contributed by atoms with Crippen molar-refractivity contribution in [3.63, 3.8) is 0 Å². The molecular formula is C48H68O12Zr2. The van der Waals surface area contributed by atoms with Gasteiger partial charge in [-0.15, -0.1) is 59.3 Å². The largest absolute Gasteiger partial charge is 4.00 e. The molecule has 4 aromatic rings. The van der Waals surface area contributed by atoms with Gasteiger partial charge >= 0.3 is 52.4 Å². The van der Waals surface area contributed by atoms with Gasteiger partial charge in [0.05, 0.1) is 0 Å². The number of fused-ring (bicyclic) bond motifs is 2. The van der Waals surface area contributed by atoms with Gasteiger partial charge in [-0.2, -0.15) is 35.0 Å². The first kappa shape index (κ1) is 69.9. The summed E-state index contributed by atoms with van der Waals surface area (Å²) < 4.78 is 0. The molecule has 0 saturated carbocycles. The SMILES string of the molecule is CC(C)(C)C(=O)[O-].CC(C)(C)C(=O)[O-].CC(C)(C)C(=O)[O-].CC(C)(C)C(=O)[O-].CC(C)(C)C(=O)[O-].CC(C)(C)C(=O)[O-].[Zr+4].[Zr+4].c1ccc2[cH-]ccc2c1.c1ccc2[cH-]ccc2c1. The van der Waals surface area contributed by atoms with Gasteiger partial charge in [0, 0.05) is 68.3 Å². The summed E-state index contributed by atoms with van der Waals surface area (Å²) in [6.07, 6.45) is 0. The summed E-state index contributed by atoms with van der Waals surface area (Å²) >= 11 is 0. The monoisotopic (exact) mass is 1020 g/mol. The Bertz CT molecular complexity index is 1570. The number of hydrogen-bond acceptors (Lipinski definition) is 12. The zero-order valence-electron chi connectivity index (χ0n) is 40.0. The number of carbonyl (C=O) groups is 6. The predicted molar refractivity (Wildman–Crippen MR) is 226 cm³/mol. The van der Waals surface area contributed by atoms with E-state index >= 15 is 0 Å². The predicted octanol–water partition coefficient (Wildman–Crippen LogP) is 3.81. The van der Waals surface area contributed by atoms with E-state index in [9.17, 15) is 59.4 Å². The van der Waals surface area contributed by atoms with E-state index in [-0.39, 0.29) is 52.4 Å². The Labute approximate surface area is 408 Å². The first-order valence-electron chi connectivity index (χ1n) is 19.1. The van der Waals surface area contributed by atoms with Crippen molar-refractivity contribution in [2.75, 3.05) is 0 Å². The molecule has 62 heavy (non-hydrogen) atoms. The smallest absolute Gasteiger partial charge is 0.550 e. The van der Waals surface area contributed by atoms with Crippen LogP contribution < -0.4 is 30.6 Å². The molecule has 4 aromatic carbocycles. The van der Waals surface area contributed by atoms with Crippen LogP contribution in [0.3, 0.4) is 0 Å². The van der Waals surface area contributed by atoms with Crippen LogP contribution in [0.2, 0.25) is 0 Å². The Morgan fingerprint density at radius 1 is 0.323 bits per heavy atom. The van der Waals surface area contributed by atoms with E-state index in [2.05, 4.69) is 84.9 Å². The van der Waals surface area contributed by atoms with Crippen LogP contribution in [0.5, 0.6) is 0 Å². The molecule has 4 rings (SSSR count). The summed E-state index contributed by atoms with van der Waals surface area (Å²) in [4.78, 5) is 59.5. The van der Waals surface area contributed by atoms with Crippen molar-refractivity contribution in [3.05, 3.63) is 84.9 Å². The van der Waals surface area contributed by atoms with E-state index in [4.69, 9.17) is 0 Å². The molecular weight excluding hydrogens is 951 g/mol. The molecule has 0 heterocycles. The summed E-state index contributed by atoms with van der Waals surface area (Å²) in [7, 11) is 0. The van der Waals surface area contributed by atoms with Gasteiger partial charge in [-0.3, -0.25) is 0 Å². The molecule has 0 spiro atoms. The number of carboxylic acids is 6. The number of rotatable bonds is 0. The van der Waals surface area contributed by atoms with Gasteiger partial charge in [-0.05, 0) is 0 Å². The fourth-order valence-corrected chi connectivity index (χ4v) is 2.14. The van der Waals surface area contributed by atoms with Crippen molar-refractivity contribution in [2.24, 2.45) is 32.5 Å². The van der Waals surface area contributed by atoms with Crippen LogP contribution in [0.4, 0.5) is 0 Å². The average molecular weight is 1020 g/mol. The topological polar surface area (TPSA) is 241 Å². The van der Waals surface area contributed by atoms with E-state index in [1.54, 1.807) is 125 Å². The molecule has 0 N–H and O–H groups in total. The molecule has 0 radical (unpaired) electrons. The van der Waals surface area contributed by atoms with Crippen molar-refractivity contribution in [3.8, 4) is 0 Å². The van der Waals surface area contributed by atoms with Crippen molar-refractivity contribution < 1.29 is 112 Å². The summed E-state index contributed by atoms with van der Waals surface area (Å²) in [5.41, 5.74) is -4.17. The van der Waals surface area contributed by atoms with Crippen molar-refractivity contribution >= 4 is 57.4 Å². The van der Waals surface area contributed by atoms with Crippen LogP contribution >= 0.6 is 0 Å². The van der Waals surface area contributed by atoms with Gasteiger partial charge in [0.25, 0.3) is 0 Å². The maximum Gasteiger partial charge on any atom is 4.00 e. The second-order valence-electron chi connectivity index (χ2n) is 19.5. The van der Waals surface area contributed by atoms with Crippen LogP contribution in [0.25, 0.3) is 21.5 Å². The van der Waals surface area contributed by atoms with E-state index < -0.39 is 68.3 Å². The third-order valence-electron chi connectivity index (χ3n) is 6.77. The molecule has 14 heteroatoms. The summed E-state index contributed by atoms with van der Waals surface area (Å²) in [5.74, 6) is -6.04. The van der Waals surface area contributed by atoms with Gasteiger partial charge in [0.1, 0.15) is 0 Å². The quantitative estimate of drug-likeness (QED) is 0.229. The number of benzene rings is 2. The molecule has 0 aliphatic rings. The summed E-state index contributed by atoms with van der Waals surface area (Å²) in [6.45, 7) is 28.8. The van der Waals surface area contributed by atoms with Crippen molar-refractivity contribution in [2.45, 2.75) is 125 Å². The first-order chi connectivity index (χ1) is 26.6. The standard InChI is InChI=1S/2C9H7.6C5H10O2.2Zr/c2*1-2-5-9-7-3-6-8(9)4-1;6*1-5(2,3)4(6)7;;/h2*1-7H;6*1-3H3,(H,6,7);;/q2*-1;;;;;;;2*+4/p-6. The molecule has 0 saturated heterocycles. The second kappa shape index (κ2) is 31.2. The number of carbonyl (C=O) groups excluding carboxylic acids is 6. The molecule has 0 aromatic heterocycles. The van der Waals surface area contributed by atoms with E-state index in [0.29, 0.717) is 0 Å². The molecule has 0 atom stereocenters. The Hall–Kier alpha value is -3.75. The Morgan fingerprint density at radius 2 is 0.468 bits per heavy atom. The normalized spacial score (nSPS) is 10.6. The van der Waals surface area contributed by atoms with Crippen LogP contribution in [0, 0.1) is 32.5 Å². The average Bonchev–Trinajstić information content (AvgIpc) is 3.74. The fraction of sp³-hybridized carbons (Fsp3) is 0.500. The molecule has 0 aliphatic carbocycles. The molecule has 0 bridgehead atoms. The van der Waals surface area contributed by atoms with Gasteiger partial charge < -0.3 is 59.4 Å². The van der Waals surface area contributed by atoms with Crippen LogP contribution in [0.1, 0.15) is 125 Å². The maximum absolute atomic E-state index is 9.91. The molecule has 0 unspecified atom stereocenters. The summed E-state index contributed by atoms with van der Waals surface area (Å²) in [5, 5.41) is 64.8. The number of carboxylic acid groups (broad SMARTS) is 6. The van der Waals surface area contributed by atoms with E-state index in [1.807, 2.05) is 0 Å². The first-order valence-corrected chi connectivity index (χ1v) is 19.1. The molecule has 0 aliphatic heterocycles. The molecule has 0 amide bonds. The minimum atomic E-state index is -1.01. The minimum Gasteiger partial charge on any atom is -0.550 e. The Kier molecular flexibility index (Phi) is 35.1. The third kappa shape index (κ3) is 39.1. The van der Waals surface area contributed by atoms with Crippen LogP contribution in [-0.4, -0.2) is 35.8 Å². The second-order valence-corrected chi connectivity index (χ2v) is 19.5. The number of aliphatic carboxylic acids is 6. The molecule has 0 fully saturated rings. The number of hydrogen-bond donors (Lipinski definition) is 0. The van der Waals surface area contributed by atoms with E-state index in [0.717, 1.165) is 0 Å². The maximum atomic E-state index is 9.91. The Morgan fingerprint density at radius 3 is 0.597 bits per heavy atom. The van der Waals surface area contributed by atoms with E-state index in [1.165, 1.54) is 21.5 Å².